The van der Waals surface area contributed by atoms with Crippen LogP contribution in [0.4, 0.5) is 17.7 Å². The van der Waals surface area contributed by atoms with E-state index in [9.17, 15) is 17.7 Å². The Bertz CT molecular complexity index is 333. The van der Waals surface area contributed by atoms with Crippen LogP contribution in [-0.2, 0) is 4.74 Å². The third-order valence-corrected chi connectivity index (χ3v) is 2.17. The number of carbonyl (C=O) groups is 1. The zero-order valence-corrected chi connectivity index (χ0v) is 10.2. The summed E-state index contributed by atoms with van der Waals surface area (Å²) in [7, 11) is 0. The molecule has 1 aliphatic rings. The van der Waals surface area contributed by atoms with Crippen molar-refractivity contribution in [2.24, 2.45) is 0 Å². The Morgan fingerprint density at radius 3 is 2.47 bits per heavy atom. The summed E-state index contributed by atoms with van der Waals surface area (Å²) in [5.74, 6) is 0.324. The number of ether oxygens (including phenoxy) is 1. The Morgan fingerprint density at radius 1 is 1.41 bits per heavy atom. The highest BCUT2D eigenvalue weighted by atomic mass is 19.4. The molecule has 17 heavy (non-hydrogen) atoms. The summed E-state index contributed by atoms with van der Waals surface area (Å²) < 4.78 is 41.6. The molecule has 0 atom stereocenters. The van der Waals surface area contributed by atoms with Gasteiger partial charge in [-0.15, -0.1) is 5.98 Å². The number of likely N-dealkylation sites (tertiary alicyclic amines) is 1. The van der Waals surface area contributed by atoms with E-state index < -0.39 is 18.7 Å². The molecule has 7 heteroatoms. The molecular formula is C10H16BF3NO2-. The molecule has 0 aromatic rings. The van der Waals surface area contributed by atoms with Crippen LogP contribution in [0.15, 0.2) is 11.5 Å². The Balaban J connectivity index is 2.57. The molecule has 0 aromatic heterocycles. The Morgan fingerprint density at radius 2 is 2.00 bits per heavy atom. The standard InChI is InChI=1S/C10H16BF3NO2/c1-10(2,3)17-9(16)15-5-4-8(7-15)6-11(12,13)14/h6H,4-5,7H2,1-3H3/q-1/b8-6-. The van der Waals surface area contributed by atoms with E-state index in [-0.39, 0.29) is 25.1 Å². The number of rotatable bonds is 1. The van der Waals surface area contributed by atoms with Gasteiger partial charge in [0.2, 0.25) is 0 Å². The van der Waals surface area contributed by atoms with Crippen molar-refractivity contribution < 1.29 is 22.5 Å². The number of hydrogen-bond donors (Lipinski definition) is 0. The molecule has 1 aliphatic heterocycles. The second kappa shape index (κ2) is 4.62. The molecule has 1 heterocycles. The summed E-state index contributed by atoms with van der Waals surface area (Å²) in [4.78, 5) is 12.9. The van der Waals surface area contributed by atoms with Crippen molar-refractivity contribution in [3.63, 3.8) is 0 Å². The zero-order chi connectivity index (χ0) is 13.3. The fourth-order valence-electron chi connectivity index (χ4n) is 1.57. The minimum atomic E-state index is -4.93. The van der Waals surface area contributed by atoms with Crippen LogP contribution in [0.3, 0.4) is 0 Å². The van der Waals surface area contributed by atoms with E-state index in [0.29, 0.717) is 5.98 Å². The van der Waals surface area contributed by atoms with Crippen LogP contribution < -0.4 is 0 Å². The first-order valence-electron chi connectivity index (χ1n) is 5.45. The van der Waals surface area contributed by atoms with Crippen LogP contribution in [0.1, 0.15) is 27.2 Å². The van der Waals surface area contributed by atoms with Crippen molar-refractivity contribution in [3.8, 4) is 0 Å². The summed E-state index contributed by atoms with van der Waals surface area (Å²) in [5.41, 5.74) is -0.388. The maximum atomic E-state index is 12.2. The van der Waals surface area contributed by atoms with Crippen LogP contribution in [0, 0.1) is 0 Å². The van der Waals surface area contributed by atoms with E-state index in [1.807, 2.05) is 0 Å². The molecule has 0 aromatic carbocycles. The van der Waals surface area contributed by atoms with Crippen molar-refractivity contribution in [2.45, 2.75) is 32.8 Å². The molecule has 0 spiro atoms. The lowest BCUT2D eigenvalue weighted by Gasteiger charge is -2.24. The predicted molar refractivity (Wildman–Crippen MR) is 59.6 cm³/mol. The number of hydrogen-bond acceptors (Lipinski definition) is 2. The van der Waals surface area contributed by atoms with Gasteiger partial charge in [-0.1, -0.05) is 5.57 Å². The van der Waals surface area contributed by atoms with Gasteiger partial charge in [0.1, 0.15) is 5.60 Å². The van der Waals surface area contributed by atoms with Gasteiger partial charge in [-0.25, -0.2) is 4.79 Å². The first-order chi connectivity index (χ1) is 7.57. The van der Waals surface area contributed by atoms with E-state index in [2.05, 4.69) is 0 Å². The normalized spacial score (nSPS) is 19.9. The van der Waals surface area contributed by atoms with Crippen molar-refractivity contribution in [3.05, 3.63) is 11.5 Å². The summed E-state index contributed by atoms with van der Waals surface area (Å²) in [6.45, 7) is 0.522. The van der Waals surface area contributed by atoms with Crippen LogP contribution in [0.25, 0.3) is 0 Å². The Hall–Kier alpha value is -1.14. The number of carbonyl (C=O) groups excluding carboxylic acids is 1. The highest BCUT2D eigenvalue weighted by Crippen LogP contribution is 2.22. The van der Waals surface area contributed by atoms with Gasteiger partial charge in [0.05, 0.1) is 0 Å². The minimum absolute atomic E-state index is 0.0101. The highest BCUT2D eigenvalue weighted by molar-refractivity contribution is 6.64. The molecule has 0 saturated carbocycles. The van der Waals surface area contributed by atoms with Crippen molar-refractivity contribution in [2.75, 3.05) is 13.1 Å². The maximum Gasteiger partial charge on any atom is 0.502 e. The average Bonchev–Trinajstić information content (AvgIpc) is 2.45. The molecule has 0 aliphatic carbocycles. The van der Waals surface area contributed by atoms with Crippen molar-refractivity contribution in [1.29, 1.82) is 0 Å². The maximum absolute atomic E-state index is 12.2. The number of nitrogens with zero attached hydrogens (tertiary/aromatic N) is 1. The van der Waals surface area contributed by atoms with Crippen molar-refractivity contribution in [1.82, 2.24) is 4.90 Å². The molecule has 1 saturated heterocycles. The largest absolute Gasteiger partial charge is 0.502 e. The fourth-order valence-corrected chi connectivity index (χ4v) is 1.57. The molecule has 3 nitrogen and oxygen atoms in total. The molecular weight excluding hydrogens is 234 g/mol. The summed E-state index contributed by atoms with van der Waals surface area (Å²) in [6, 6.07) is 0. The SMILES string of the molecule is CC(C)(C)OC(=O)N1CC/C(=C/[B-](F)(F)F)C1. The van der Waals surface area contributed by atoms with Crippen LogP contribution >= 0.6 is 0 Å². The quantitative estimate of drug-likeness (QED) is 0.669. The zero-order valence-electron chi connectivity index (χ0n) is 10.2. The Labute approximate surface area is 98.7 Å². The monoisotopic (exact) mass is 250 g/mol. The van der Waals surface area contributed by atoms with Crippen LogP contribution in [-0.4, -0.2) is 36.7 Å². The predicted octanol–water partition coefficient (Wildman–Crippen LogP) is 2.94. The van der Waals surface area contributed by atoms with E-state index in [1.54, 1.807) is 20.8 Å². The lowest BCUT2D eigenvalue weighted by Crippen LogP contribution is -2.35. The van der Waals surface area contributed by atoms with Crippen LogP contribution in [0.5, 0.6) is 0 Å². The summed E-state index contributed by atoms with van der Waals surface area (Å²) in [6.07, 6.45) is -0.295. The first kappa shape index (κ1) is 13.9. The molecule has 1 fully saturated rings. The number of amides is 1. The van der Waals surface area contributed by atoms with Crippen molar-refractivity contribution >= 4 is 13.1 Å². The fraction of sp³-hybridized carbons (Fsp3) is 0.700. The second-order valence-electron chi connectivity index (χ2n) is 5.10. The van der Waals surface area contributed by atoms with Gasteiger partial charge in [0.15, 0.2) is 0 Å². The van der Waals surface area contributed by atoms with Gasteiger partial charge in [0, 0.05) is 13.1 Å². The van der Waals surface area contributed by atoms with Gasteiger partial charge in [0.25, 0.3) is 0 Å². The lowest BCUT2D eigenvalue weighted by atomic mass is 9.88. The molecule has 1 rings (SSSR count). The van der Waals surface area contributed by atoms with E-state index in [1.165, 1.54) is 4.90 Å². The average molecular weight is 250 g/mol. The number of halogens is 3. The summed E-state index contributed by atoms with van der Waals surface area (Å²) >= 11 is 0. The van der Waals surface area contributed by atoms with E-state index in [4.69, 9.17) is 4.74 Å². The van der Waals surface area contributed by atoms with Gasteiger partial charge >= 0.3 is 13.1 Å². The molecule has 0 radical (unpaired) electrons. The highest BCUT2D eigenvalue weighted by Gasteiger charge is 2.28. The van der Waals surface area contributed by atoms with Crippen LogP contribution in [0.2, 0.25) is 0 Å². The topological polar surface area (TPSA) is 29.5 Å². The summed E-state index contributed by atoms with van der Waals surface area (Å²) in [5, 5.41) is 0. The Kier molecular flexibility index (Phi) is 3.79. The molecule has 98 valence electrons. The molecule has 0 N–H and O–H groups in total. The smallest absolute Gasteiger partial charge is 0.445 e. The lowest BCUT2D eigenvalue weighted by molar-refractivity contribution is 0.0299. The third kappa shape index (κ3) is 5.15. The minimum Gasteiger partial charge on any atom is -0.445 e. The molecule has 1 amide bonds. The van der Waals surface area contributed by atoms with Gasteiger partial charge in [-0.2, -0.15) is 0 Å². The first-order valence-corrected chi connectivity index (χ1v) is 5.45. The van der Waals surface area contributed by atoms with Gasteiger partial charge < -0.3 is 22.6 Å². The van der Waals surface area contributed by atoms with E-state index in [0.717, 1.165) is 0 Å². The van der Waals surface area contributed by atoms with E-state index >= 15 is 0 Å². The second-order valence-corrected chi connectivity index (χ2v) is 5.10. The van der Waals surface area contributed by atoms with Gasteiger partial charge in [-0.05, 0) is 27.2 Å². The third-order valence-electron chi connectivity index (χ3n) is 2.17. The molecule has 0 unspecified atom stereocenters. The van der Waals surface area contributed by atoms with Gasteiger partial charge in [-0.3, -0.25) is 0 Å². The molecule has 0 bridgehead atoms.